The van der Waals surface area contributed by atoms with E-state index in [0.29, 0.717) is 18.8 Å². The van der Waals surface area contributed by atoms with Gasteiger partial charge in [0.25, 0.3) is 0 Å². The zero-order valence-electron chi connectivity index (χ0n) is 10.0. The Kier molecular flexibility index (Phi) is 7.54. The van der Waals surface area contributed by atoms with Crippen molar-refractivity contribution in [1.29, 1.82) is 5.41 Å². The summed E-state index contributed by atoms with van der Waals surface area (Å²) in [6, 6.07) is 5.43. The molecule has 1 aromatic rings. The number of methoxy groups -OCH3 is 1. The lowest BCUT2D eigenvalue weighted by Crippen LogP contribution is -2.06. The Balaban J connectivity index is 0.00000256. The van der Waals surface area contributed by atoms with Crippen LogP contribution in [-0.2, 0) is 22.7 Å². The number of aliphatic hydroxyl groups is 1. The normalized spacial score (nSPS) is 9.59. The molecule has 0 spiro atoms. The van der Waals surface area contributed by atoms with E-state index in [0.717, 1.165) is 11.1 Å². The third-order valence-corrected chi connectivity index (χ3v) is 2.10. The van der Waals surface area contributed by atoms with Crippen molar-refractivity contribution < 1.29 is 14.6 Å². The van der Waals surface area contributed by atoms with Gasteiger partial charge in [0.1, 0.15) is 0 Å². The van der Waals surface area contributed by atoms with Gasteiger partial charge in [-0.15, -0.1) is 12.4 Å². The third kappa shape index (κ3) is 4.73. The van der Waals surface area contributed by atoms with Crippen LogP contribution in [0.3, 0.4) is 0 Å². The maximum atomic E-state index is 9.11. The van der Waals surface area contributed by atoms with Crippen LogP contribution in [0.4, 0.5) is 0 Å². The maximum absolute atomic E-state index is 9.11. The summed E-state index contributed by atoms with van der Waals surface area (Å²) in [7, 11) is 1.61. The molecule has 0 saturated carbocycles. The van der Waals surface area contributed by atoms with Crippen LogP contribution in [0, 0.1) is 5.41 Å². The highest BCUT2D eigenvalue weighted by Gasteiger charge is 2.06. The second-order valence-corrected chi connectivity index (χ2v) is 3.39. The second kappa shape index (κ2) is 8.06. The largest absolute Gasteiger partial charge is 0.478 e. The average Bonchev–Trinajstić information content (AvgIpc) is 2.29. The van der Waals surface area contributed by atoms with Gasteiger partial charge in [0.15, 0.2) is 0 Å². The SMILES string of the molecule is CCOC(=N)c1cc(CO)cc(COC)c1.Cl. The predicted molar refractivity (Wildman–Crippen MR) is 68.8 cm³/mol. The van der Waals surface area contributed by atoms with E-state index in [9.17, 15) is 0 Å². The summed E-state index contributed by atoms with van der Waals surface area (Å²) in [4.78, 5) is 0. The van der Waals surface area contributed by atoms with Gasteiger partial charge in [-0.3, -0.25) is 5.41 Å². The number of benzene rings is 1. The summed E-state index contributed by atoms with van der Waals surface area (Å²) in [5, 5.41) is 16.8. The molecule has 0 saturated heterocycles. The summed E-state index contributed by atoms with van der Waals surface area (Å²) >= 11 is 0. The minimum absolute atomic E-state index is 0. The van der Waals surface area contributed by atoms with Crippen molar-refractivity contribution in [2.24, 2.45) is 0 Å². The highest BCUT2D eigenvalue weighted by atomic mass is 35.5. The number of rotatable bonds is 5. The van der Waals surface area contributed by atoms with E-state index in [2.05, 4.69) is 0 Å². The molecule has 96 valence electrons. The quantitative estimate of drug-likeness (QED) is 0.629. The molecule has 0 aromatic heterocycles. The monoisotopic (exact) mass is 259 g/mol. The van der Waals surface area contributed by atoms with Gasteiger partial charge in [0.05, 0.1) is 19.8 Å². The second-order valence-electron chi connectivity index (χ2n) is 3.39. The third-order valence-electron chi connectivity index (χ3n) is 2.10. The first kappa shape index (κ1) is 15.9. The van der Waals surface area contributed by atoms with Gasteiger partial charge < -0.3 is 14.6 Å². The molecule has 0 fully saturated rings. The highest BCUT2D eigenvalue weighted by molar-refractivity contribution is 5.92. The molecule has 0 atom stereocenters. The number of nitrogens with one attached hydrogen (secondary N) is 1. The molecule has 1 rings (SSSR count). The number of aliphatic hydroxyl groups excluding tert-OH is 1. The van der Waals surface area contributed by atoms with Crippen LogP contribution in [0.1, 0.15) is 23.6 Å². The fraction of sp³-hybridized carbons (Fsp3) is 0.417. The van der Waals surface area contributed by atoms with Gasteiger partial charge in [0.2, 0.25) is 5.90 Å². The highest BCUT2D eigenvalue weighted by Crippen LogP contribution is 2.12. The lowest BCUT2D eigenvalue weighted by molar-refractivity contribution is 0.184. The first-order valence-corrected chi connectivity index (χ1v) is 5.15. The van der Waals surface area contributed by atoms with E-state index in [1.54, 1.807) is 13.2 Å². The van der Waals surface area contributed by atoms with Crippen molar-refractivity contribution in [3.63, 3.8) is 0 Å². The molecule has 2 N–H and O–H groups in total. The molecule has 0 heterocycles. The Bertz CT molecular complexity index is 369. The molecule has 0 radical (unpaired) electrons. The Hall–Kier alpha value is -1.10. The standard InChI is InChI=1S/C12H17NO3.ClH/c1-3-16-12(13)11-5-9(7-14)4-10(6-11)8-15-2;/h4-6,13-14H,3,7-8H2,1-2H3;1H. The van der Waals surface area contributed by atoms with Crippen LogP contribution < -0.4 is 0 Å². The van der Waals surface area contributed by atoms with Crippen LogP contribution in [0.25, 0.3) is 0 Å². The molecule has 0 aliphatic heterocycles. The van der Waals surface area contributed by atoms with Gasteiger partial charge in [-0.1, -0.05) is 6.07 Å². The van der Waals surface area contributed by atoms with Gasteiger partial charge in [-0.25, -0.2) is 0 Å². The summed E-state index contributed by atoms with van der Waals surface area (Å²) in [6.45, 7) is 2.70. The topological polar surface area (TPSA) is 62.5 Å². The van der Waals surface area contributed by atoms with Crippen molar-refractivity contribution in [1.82, 2.24) is 0 Å². The van der Waals surface area contributed by atoms with Crippen molar-refractivity contribution in [3.8, 4) is 0 Å². The van der Waals surface area contributed by atoms with Crippen molar-refractivity contribution in [2.75, 3.05) is 13.7 Å². The van der Waals surface area contributed by atoms with Crippen LogP contribution in [0.5, 0.6) is 0 Å². The fourth-order valence-electron chi connectivity index (χ4n) is 1.46. The number of hydrogen-bond acceptors (Lipinski definition) is 4. The minimum Gasteiger partial charge on any atom is -0.478 e. The molecule has 0 aliphatic carbocycles. The van der Waals surface area contributed by atoms with Crippen LogP contribution in [-0.4, -0.2) is 24.7 Å². The maximum Gasteiger partial charge on any atom is 0.213 e. The molecule has 17 heavy (non-hydrogen) atoms. The van der Waals surface area contributed by atoms with Crippen LogP contribution >= 0.6 is 12.4 Å². The first-order chi connectivity index (χ1) is 7.71. The Morgan fingerprint density at radius 2 is 1.94 bits per heavy atom. The van der Waals surface area contributed by atoms with Crippen LogP contribution in [0.2, 0.25) is 0 Å². The molecule has 0 bridgehead atoms. The van der Waals surface area contributed by atoms with E-state index in [1.165, 1.54) is 0 Å². The van der Waals surface area contributed by atoms with Gasteiger partial charge in [-0.05, 0) is 30.2 Å². The predicted octanol–water partition coefficient (Wildman–Crippen LogP) is 2.11. The van der Waals surface area contributed by atoms with Crippen molar-refractivity contribution in [3.05, 3.63) is 34.9 Å². The van der Waals surface area contributed by atoms with E-state index in [4.69, 9.17) is 20.0 Å². The Labute approximate surface area is 107 Å². The summed E-state index contributed by atoms with van der Waals surface area (Å²) in [5.41, 5.74) is 2.35. The number of hydrogen-bond donors (Lipinski definition) is 2. The molecular weight excluding hydrogens is 242 g/mol. The van der Waals surface area contributed by atoms with E-state index in [-0.39, 0.29) is 24.9 Å². The Morgan fingerprint density at radius 1 is 1.29 bits per heavy atom. The molecule has 0 aliphatic rings. The molecule has 4 nitrogen and oxygen atoms in total. The molecule has 0 amide bonds. The number of ether oxygens (including phenoxy) is 2. The summed E-state index contributed by atoms with van der Waals surface area (Å²) in [6.07, 6.45) is 0. The molecule has 5 heteroatoms. The molecule has 1 aromatic carbocycles. The molecular formula is C12H18ClNO3. The smallest absolute Gasteiger partial charge is 0.213 e. The fourth-order valence-corrected chi connectivity index (χ4v) is 1.46. The minimum atomic E-state index is -0.0516. The van der Waals surface area contributed by atoms with Crippen molar-refractivity contribution >= 4 is 18.3 Å². The van der Waals surface area contributed by atoms with E-state index < -0.39 is 0 Å². The zero-order chi connectivity index (χ0) is 12.0. The van der Waals surface area contributed by atoms with Crippen molar-refractivity contribution in [2.45, 2.75) is 20.1 Å². The van der Waals surface area contributed by atoms with E-state index >= 15 is 0 Å². The number of halogens is 1. The van der Waals surface area contributed by atoms with Gasteiger partial charge in [0, 0.05) is 12.7 Å². The lowest BCUT2D eigenvalue weighted by Gasteiger charge is -2.09. The van der Waals surface area contributed by atoms with Gasteiger partial charge >= 0.3 is 0 Å². The molecule has 0 unspecified atom stereocenters. The summed E-state index contributed by atoms with van der Waals surface area (Å²) in [5.74, 6) is 0.121. The summed E-state index contributed by atoms with van der Waals surface area (Å²) < 4.78 is 10.2. The van der Waals surface area contributed by atoms with Gasteiger partial charge in [-0.2, -0.15) is 0 Å². The van der Waals surface area contributed by atoms with Crippen LogP contribution in [0.15, 0.2) is 18.2 Å². The first-order valence-electron chi connectivity index (χ1n) is 5.15. The lowest BCUT2D eigenvalue weighted by atomic mass is 10.1. The zero-order valence-corrected chi connectivity index (χ0v) is 10.8. The Morgan fingerprint density at radius 3 is 2.47 bits per heavy atom. The average molecular weight is 260 g/mol. The van der Waals surface area contributed by atoms with E-state index in [1.807, 2.05) is 19.1 Å².